The molecule has 144 valence electrons. The molecule has 4 rings (SSSR count). The van der Waals surface area contributed by atoms with Crippen molar-refractivity contribution in [2.24, 2.45) is 10.2 Å². The van der Waals surface area contributed by atoms with Gasteiger partial charge >= 0.3 is 0 Å². The van der Waals surface area contributed by atoms with Gasteiger partial charge in [0.1, 0.15) is 11.5 Å². The van der Waals surface area contributed by atoms with E-state index in [1.54, 1.807) is 6.07 Å². The number of thiazole rings is 1. The Morgan fingerprint density at radius 2 is 1.69 bits per heavy atom. The second-order valence-electron chi connectivity index (χ2n) is 6.17. The molecule has 0 bridgehead atoms. The average Bonchev–Trinajstić information content (AvgIpc) is 3.15. The highest BCUT2D eigenvalue weighted by molar-refractivity contribution is 9.10. The van der Waals surface area contributed by atoms with Crippen molar-refractivity contribution in [3.63, 3.8) is 0 Å². The fourth-order valence-corrected chi connectivity index (χ4v) is 3.94. The van der Waals surface area contributed by atoms with Gasteiger partial charge in [-0.25, -0.2) is 0 Å². The number of hydrogen-bond acceptors (Lipinski definition) is 5. The third-order valence-corrected chi connectivity index (χ3v) is 5.56. The van der Waals surface area contributed by atoms with Gasteiger partial charge in [0.2, 0.25) is 4.80 Å². The molecular formula is C22H16BrN3O2S. The maximum Gasteiger partial charge on any atom is 0.215 e. The van der Waals surface area contributed by atoms with Crippen LogP contribution in [0, 0.1) is 0 Å². The monoisotopic (exact) mass is 465 g/mol. The van der Waals surface area contributed by atoms with Crippen LogP contribution in [0.4, 0.5) is 0 Å². The first kappa shape index (κ1) is 19.2. The number of rotatable bonds is 4. The molecule has 0 aliphatic carbocycles. The summed E-state index contributed by atoms with van der Waals surface area (Å²) in [6, 6.07) is 22.4. The second kappa shape index (κ2) is 8.46. The number of benzene rings is 3. The van der Waals surface area contributed by atoms with Gasteiger partial charge in [0.25, 0.3) is 0 Å². The van der Waals surface area contributed by atoms with E-state index in [4.69, 9.17) is 0 Å². The van der Waals surface area contributed by atoms with E-state index < -0.39 is 0 Å². The summed E-state index contributed by atoms with van der Waals surface area (Å²) < 4.78 is 3.06. The summed E-state index contributed by atoms with van der Waals surface area (Å²) in [5.74, 6) is -0.0579. The number of para-hydroxylation sites is 1. The van der Waals surface area contributed by atoms with Crippen molar-refractivity contribution < 1.29 is 10.2 Å². The summed E-state index contributed by atoms with van der Waals surface area (Å²) in [6.45, 7) is 0. The van der Waals surface area contributed by atoms with Gasteiger partial charge in [0, 0.05) is 27.2 Å². The third kappa shape index (κ3) is 4.31. The molecule has 0 saturated carbocycles. The van der Waals surface area contributed by atoms with Crippen LogP contribution >= 0.6 is 27.3 Å². The lowest BCUT2D eigenvalue weighted by Crippen LogP contribution is -2.13. The Hall–Kier alpha value is -3.16. The summed E-state index contributed by atoms with van der Waals surface area (Å²) in [4.78, 5) is 0.698. The highest BCUT2D eigenvalue weighted by Gasteiger charge is 2.10. The van der Waals surface area contributed by atoms with E-state index in [0.29, 0.717) is 10.4 Å². The van der Waals surface area contributed by atoms with Crippen LogP contribution in [0.3, 0.4) is 0 Å². The van der Waals surface area contributed by atoms with E-state index in [2.05, 4.69) is 26.1 Å². The van der Waals surface area contributed by atoms with Crippen LogP contribution in [0.15, 0.2) is 92.9 Å². The van der Waals surface area contributed by atoms with Gasteiger partial charge in [0.05, 0.1) is 11.9 Å². The minimum absolute atomic E-state index is 0.00379. The zero-order valence-electron chi connectivity index (χ0n) is 15.1. The lowest BCUT2D eigenvalue weighted by atomic mass is 10.1. The van der Waals surface area contributed by atoms with Gasteiger partial charge in [-0.2, -0.15) is 5.10 Å². The maximum absolute atomic E-state index is 9.90. The number of aromatic hydroxyl groups is 2. The molecule has 0 saturated heterocycles. The molecular weight excluding hydrogens is 450 g/mol. The first-order chi connectivity index (χ1) is 14.1. The highest BCUT2D eigenvalue weighted by Crippen LogP contribution is 2.25. The summed E-state index contributed by atoms with van der Waals surface area (Å²) in [6.07, 6.45) is 1.46. The molecule has 0 amide bonds. The van der Waals surface area contributed by atoms with Gasteiger partial charge in [0.15, 0.2) is 0 Å². The summed E-state index contributed by atoms with van der Waals surface area (Å²) >= 11 is 4.96. The fraction of sp³-hybridized carbons (Fsp3) is 0. The molecule has 0 radical (unpaired) electrons. The molecule has 1 aromatic heterocycles. The van der Waals surface area contributed by atoms with Crippen LogP contribution in [0.1, 0.15) is 5.56 Å². The molecule has 0 atom stereocenters. The summed E-state index contributed by atoms with van der Waals surface area (Å²) in [5.41, 5.74) is 3.53. The first-order valence-electron chi connectivity index (χ1n) is 8.73. The van der Waals surface area contributed by atoms with Gasteiger partial charge in [-0.05, 0) is 42.0 Å². The van der Waals surface area contributed by atoms with Gasteiger partial charge < -0.3 is 10.2 Å². The Labute approximate surface area is 179 Å². The minimum atomic E-state index is -0.0541. The van der Waals surface area contributed by atoms with Gasteiger partial charge in [-0.15, -0.1) is 16.4 Å². The summed E-state index contributed by atoms with van der Waals surface area (Å²) in [5, 5.41) is 29.9. The predicted octanol–water partition coefficient (Wildman–Crippen LogP) is 5.31. The third-order valence-electron chi connectivity index (χ3n) is 4.22. The first-order valence-corrected chi connectivity index (χ1v) is 10.4. The molecule has 0 aliphatic rings. The zero-order valence-corrected chi connectivity index (χ0v) is 17.5. The maximum atomic E-state index is 9.90. The minimum Gasteiger partial charge on any atom is -0.508 e. The lowest BCUT2D eigenvalue weighted by Gasteiger charge is -2.09. The topological polar surface area (TPSA) is 70.1 Å². The Kier molecular flexibility index (Phi) is 5.59. The van der Waals surface area contributed by atoms with E-state index in [1.165, 1.54) is 29.7 Å². The van der Waals surface area contributed by atoms with E-state index in [9.17, 15) is 10.2 Å². The standard InChI is InChI=1S/C22H16BrN3O2S/c23-17-9-6-15(7-10-17)20-14-29-22(26(20)18-4-2-1-3-5-18)25-24-13-16-8-11-19(27)12-21(16)28/h1-14,27-28H/b24-13+,25-22?. The molecule has 2 N–H and O–H groups in total. The Balaban J connectivity index is 1.80. The van der Waals surface area contributed by atoms with E-state index in [0.717, 1.165) is 21.4 Å². The van der Waals surface area contributed by atoms with Crippen LogP contribution in [-0.2, 0) is 0 Å². The lowest BCUT2D eigenvalue weighted by molar-refractivity contribution is 0.450. The molecule has 0 spiro atoms. The molecule has 7 heteroatoms. The van der Waals surface area contributed by atoms with E-state index in [-0.39, 0.29) is 11.5 Å². The van der Waals surface area contributed by atoms with Crippen molar-refractivity contribution in [3.05, 3.63) is 93.0 Å². The van der Waals surface area contributed by atoms with E-state index in [1.807, 2.05) is 64.5 Å². The number of nitrogens with zero attached hydrogens (tertiary/aromatic N) is 3. The van der Waals surface area contributed by atoms with E-state index >= 15 is 0 Å². The van der Waals surface area contributed by atoms with Crippen molar-refractivity contribution in [2.75, 3.05) is 0 Å². The number of halogens is 1. The largest absolute Gasteiger partial charge is 0.508 e. The SMILES string of the molecule is Oc1ccc(/C=N/N=c2scc(-c3ccc(Br)cc3)n2-c2ccccc2)c(O)c1. The highest BCUT2D eigenvalue weighted by atomic mass is 79.9. The zero-order chi connectivity index (χ0) is 20.2. The van der Waals surface area contributed by atoms with Crippen molar-refractivity contribution in [2.45, 2.75) is 0 Å². The Bertz CT molecular complexity index is 1230. The molecule has 0 unspecified atom stereocenters. The smallest absolute Gasteiger partial charge is 0.215 e. The van der Waals surface area contributed by atoms with Crippen molar-refractivity contribution in [1.82, 2.24) is 4.57 Å². The van der Waals surface area contributed by atoms with Crippen LogP contribution in [0.25, 0.3) is 16.9 Å². The van der Waals surface area contributed by atoms with Crippen molar-refractivity contribution >= 4 is 33.5 Å². The number of phenolic OH excluding ortho intramolecular Hbond substituents is 2. The molecule has 0 fully saturated rings. The average molecular weight is 466 g/mol. The number of aromatic nitrogens is 1. The molecule has 3 aromatic carbocycles. The molecule has 0 aliphatic heterocycles. The van der Waals surface area contributed by atoms with Crippen molar-refractivity contribution in [3.8, 4) is 28.4 Å². The molecule has 5 nitrogen and oxygen atoms in total. The Morgan fingerprint density at radius 3 is 2.41 bits per heavy atom. The van der Waals surface area contributed by atoms with Gasteiger partial charge in [-0.1, -0.05) is 46.3 Å². The van der Waals surface area contributed by atoms with Crippen LogP contribution < -0.4 is 4.80 Å². The van der Waals surface area contributed by atoms with Crippen LogP contribution in [-0.4, -0.2) is 21.0 Å². The molecule has 29 heavy (non-hydrogen) atoms. The molecule has 1 heterocycles. The predicted molar refractivity (Wildman–Crippen MR) is 120 cm³/mol. The Morgan fingerprint density at radius 1 is 0.931 bits per heavy atom. The quantitative estimate of drug-likeness (QED) is 0.316. The van der Waals surface area contributed by atoms with Crippen molar-refractivity contribution in [1.29, 1.82) is 0 Å². The number of phenols is 2. The van der Waals surface area contributed by atoms with Gasteiger partial charge in [-0.3, -0.25) is 4.57 Å². The van der Waals surface area contributed by atoms with Crippen LogP contribution in [0.2, 0.25) is 0 Å². The molecule has 4 aromatic rings. The second-order valence-corrected chi connectivity index (χ2v) is 7.92. The van der Waals surface area contributed by atoms with Crippen LogP contribution in [0.5, 0.6) is 11.5 Å². The summed E-state index contributed by atoms with van der Waals surface area (Å²) in [7, 11) is 0. The number of hydrogen-bond donors (Lipinski definition) is 2. The fourth-order valence-electron chi connectivity index (χ4n) is 2.81. The normalized spacial score (nSPS) is 12.0.